The molecule has 0 aliphatic carbocycles. The van der Waals surface area contributed by atoms with Crippen molar-refractivity contribution in [3.8, 4) is 11.3 Å². The van der Waals surface area contributed by atoms with Gasteiger partial charge in [-0.3, -0.25) is 0 Å². The average molecular weight is 414 g/mol. The van der Waals surface area contributed by atoms with E-state index in [2.05, 4.69) is 31.3 Å². The van der Waals surface area contributed by atoms with Gasteiger partial charge >= 0.3 is 0 Å². The van der Waals surface area contributed by atoms with Crippen molar-refractivity contribution in [2.24, 2.45) is 0 Å². The summed E-state index contributed by atoms with van der Waals surface area (Å²) in [5.74, 6) is 0.412. The minimum absolute atomic E-state index is 0.297. The number of pyridine rings is 1. The van der Waals surface area contributed by atoms with Crippen molar-refractivity contribution in [3.05, 3.63) is 82.1 Å². The fourth-order valence-corrected chi connectivity index (χ4v) is 2.98. The third-order valence-electron chi connectivity index (χ3n) is 3.88. The van der Waals surface area contributed by atoms with Crippen LogP contribution in [0, 0.1) is 11.0 Å². The maximum absolute atomic E-state index is 13.2. The highest BCUT2D eigenvalue weighted by Gasteiger charge is 2.12. The molecule has 0 saturated heterocycles. The number of hydrogen-bond donors (Lipinski definition) is 1. The number of nitrogens with one attached hydrogen (secondary N) is 1. The summed E-state index contributed by atoms with van der Waals surface area (Å²) in [6, 6.07) is 11.6. The van der Waals surface area contributed by atoms with E-state index in [4.69, 9.17) is 0 Å². The molecule has 1 aromatic carbocycles. The predicted molar refractivity (Wildman–Crippen MR) is 98.8 cm³/mol. The van der Waals surface area contributed by atoms with Crippen LogP contribution in [0.1, 0.15) is 5.56 Å². The van der Waals surface area contributed by atoms with E-state index in [1.165, 1.54) is 24.5 Å². The van der Waals surface area contributed by atoms with Gasteiger partial charge in [0.05, 0.1) is 16.4 Å². The summed E-state index contributed by atoms with van der Waals surface area (Å²) in [7, 11) is 0. The van der Waals surface area contributed by atoms with Gasteiger partial charge in [-0.1, -0.05) is 0 Å². The van der Waals surface area contributed by atoms with Crippen molar-refractivity contribution in [1.82, 2.24) is 14.6 Å². The fraction of sp³-hybridized carbons (Fsp3) is 0.0556. The largest absolute Gasteiger partial charge is 0.619 e. The zero-order valence-corrected chi connectivity index (χ0v) is 15.0. The first-order valence-electron chi connectivity index (χ1n) is 7.82. The maximum atomic E-state index is 13.2. The maximum Gasteiger partial charge on any atom is 0.185 e. The van der Waals surface area contributed by atoms with Crippen LogP contribution in [0.25, 0.3) is 16.9 Å². The van der Waals surface area contributed by atoms with E-state index in [-0.39, 0.29) is 5.82 Å². The van der Waals surface area contributed by atoms with E-state index < -0.39 is 0 Å². The molecular weight excluding hydrogens is 401 g/mol. The molecule has 130 valence electrons. The number of aromatic nitrogens is 4. The van der Waals surface area contributed by atoms with Crippen LogP contribution in [0.3, 0.4) is 0 Å². The number of nitrogens with zero attached hydrogens (tertiary/aromatic N) is 4. The summed E-state index contributed by atoms with van der Waals surface area (Å²) in [5.41, 5.74) is 2.96. The predicted octanol–water partition coefficient (Wildman–Crippen LogP) is 3.54. The molecule has 0 fully saturated rings. The van der Waals surface area contributed by atoms with E-state index >= 15 is 0 Å². The molecule has 0 amide bonds. The highest BCUT2D eigenvalue weighted by Crippen LogP contribution is 2.26. The van der Waals surface area contributed by atoms with Crippen molar-refractivity contribution < 1.29 is 9.12 Å². The monoisotopic (exact) mass is 413 g/mol. The van der Waals surface area contributed by atoms with Gasteiger partial charge in [-0.2, -0.15) is 14.3 Å². The Kier molecular flexibility index (Phi) is 4.26. The number of fused-ring (bicyclic) bond motifs is 1. The summed E-state index contributed by atoms with van der Waals surface area (Å²) in [6.45, 7) is 0.447. The van der Waals surface area contributed by atoms with Crippen LogP contribution >= 0.6 is 15.9 Å². The minimum Gasteiger partial charge on any atom is -0.619 e. The highest BCUT2D eigenvalue weighted by atomic mass is 79.9. The van der Waals surface area contributed by atoms with Crippen molar-refractivity contribution >= 4 is 27.4 Å². The molecule has 0 aliphatic rings. The van der Waals surface area contributed by atoms with E-state index in [9.17, 15) is 9.60 Å². The minimum atomic E-state index is -0.297. The highest BCUT2D eigenvalue weighted by molar-refractivity contribution is 9.10. The summed E-state index contributed by atoms with van der Waals surface area (Å²) in [4.78, 5) is 4.60. The Labute approximate surface area is 156 Å². The van der Waals surface area contributed by atoms with Crippen molar-refractivity contribution in [2.75, 3.05) is 5.32 Å². The first kappa shape index (κ1) is 16.5. The number of benzene rings is 1. The smallest absolute Gasteiger partial charge is 0.185 e. The number of hydrogen-bond acceptors (Lipinski definition) is 4. The Morgan fingerprint density at radius 2 is 2.04 bits per heavy atom. The Hall–Kier alpha value is -3.00. The van der Waals surface area contributed by atoms with E-state index in [1.54, 1.807) is 28.9 Å². The van der Waals surface area contributed by atoms with E-state index in [0.29, 0.717) is 23.7 Å². The summed E-state index contributed by atoms with van der Waals surface area (Å²) in [5, 5.41) is 19.0. The standard InChI is InChI=1S/C18H13BrFN5O/c19-15-10-22-25-17(21-9-12-2-1-7-24(26)11-12)8-16(23-18(15)25)13-3-5-14(20)6-4-13/h1-8,10-11,21H,9H2. The first-order valence-corrected chi connectivity index (χ1v) is 8.61. The van der Waals surface area contributed by atoms with Crippen LogP contribution in [0.5, 0.6) is 0 Å². The zero-order chi connectivity index (χ0) is 18.1. The van der Waals surface area contributed by atoms with Crippen LogP contribution < -0.4 is 10.0 Å². The van der Waals surface area contributed by atoms with E-state index in [0.717, 1.165) is 20.3 Å². The number of halogens is 2. The normalized spacial score (nSPS) is 11.0. The van der Waals surface area contributed by atoms with E-state index in [1.807, 2.05) is 12.1 Å². The molecule has 1 N–H and O–H groups in total. The molecule has 3 aromatic heterocycles. The second kappa shape index (κ2) is 6.72. The summed E-state index contributed by atoms with van der Waals surface area (Å²) in [6.07, 6.45) is 4.60. The second-order valence-electron chi connectivity index (χ2n) is 5.69. The Morgan fingerprint density at radius 1 is 1.23 bits per heavy atom. The van der Waals surface area contributed by atoms with Gasteiger partial charge in [0.15, 0.2) is 18.0 Å². The number of rotatable bonds is 4. The molecule has 0 unspecified atom stereocenters. The van der Waals surface area contributed by atoms with Gasteiger partial charge < -0.3 is 10.5 Å². The van der Waals surface area contributed by atoms with Crippen molar-refractivity contribution in [2.45, 2.75) is 6.54 Å². The molecule has 0 bridgehead atoms. The second-order valence-corrected chi connectivity index (χ2v) is 6.54. The molecule has 0 saturated carbocycles. The molecule has 4 rings (SSSR count). The molecule has 0 atom stereocenters. The van der Waals surface area contributed by atoms with Crippen LogP contribution in [-0.4, -0.2) is 14.6 Å². The van der Waals surface area contributed by atoms with Gasteiger partial charge in [-0.05, 0) is 46.3 Å². The average Bonchev–Trinajstić information content (AvgIpc) is 3.02. The topological polar surface area (TPSA) is 69.2 Å². The third-order valence-corrected chi connectivity index (χ3v) is 4.44. The quantitative estimate of drug-likeness (QED) is 0.410. The van der Waals surface area contributed by atoms with Crippen LogP contribution in [0.4, 0.5) is 10.2 Å². The van der Waals surface area contributed by atoms with Gasteiger partial charge in [0.1, 0.15) is 11.6 Å². The molecule has 0 radical (unpaired) electrons. The first-order chi connectivity index (χ1) is 12.6. The van der Waals surface area contributed by atoms with Gasteiger partial charge in [0, 0.05) is 29.8 Å². The van der Waals surface area contributed by atoms with Crippen LogP contribution in [0.15, 0.2) is 65.5 Å². The SMILES string of the molecule is [O-][n+]1cccc(CNc2cc(-c3ccc(F)cc3)nc3c(Br)cnn23)c1. The van der Waals surface area contributed by atoms with Gasteiger partial charge in [-0.25, -0.2) is 9.37 Å². The molecule has 0 spiro atoms. The van der Waals surface area contributed by atoms with Gasteiger partial charge in [0.2, 0.25) is 0 Å². The number of anilines is 1. The Balaban J connectivity index is 1.74. The summed E-state index contributed by atoms with van der Waals surface area (Å²) < 4.78 is 16.4. The molecule has 0 aliphatic heterocycles. The van der Waals surface area contributed by atoms with Gasteiger partial charge in [0.25, 0.3) is 0 Å². The van der Waals surface area contributed by atoms with Crippen molar-refractivity contribution in [1.29, 1.82) is 0 Å². The molecule has 4 aromatic rings. The molecule has 3 heterocycles. The fourth-order valence-electron chi connectivity index (χ4n) is 2.63. The molecule has 26 heavy (non-hydrogen) atoms. The molecule has 6 nitrogen and oxygen atoms in total. The molecule has 8 heteroatoms. The molecular formula is C18H13BrFN5O. The lowest BCUT2D eigenvalue weighted by Gasteiger charge is -2.11. The summed E-state index contributed by atoms with van der Waals surface area (Å²) >= 11 is 3.45. The van der Waals surface area contributed by atoms with Gasteiger partial charge in [-0.15, -0.1) is 0 Å². The lowest BCUT2D eigenvalue weighted by atomic mass is 10.1. The zero-order valence-electron chi connectivity index (χ0n) is 13.4. The van der Waals surface area contributed by atoms with Crippen molar-refractivity contribution in [3.63, 3.8) is 0 Å². The van der Waals surface area contributed by atoms with Crippen LogP contribution in [-0.2, 0) is 6.54 Å². The Bertz CT molecular complexity index is 1080. The Morgan fingerprint density at radius 3 is 2.81 bits per heavy atom. The third kappa shape index (κ3) is 3.23. The lowest BCUT2D eigenvalue weighted by molar-refractivity contribution is -0.605. The lowest BCUT2D eigenvalue weighted by Crippen LogP contribution is -2.25. The van der Waals surface area contributed by atoms with Crippen LogP contribution in [0.2, 0.25) is 0 Å².